The maximum Gasteiger partial charge on any atom is 0.433 e. The van der Waals surface area contributed by atoms with E-state index >= 15 is 0 Å². The molecule has 4 nitrogen and oxygen atoms in total. The van der Waals surface area contributed by atoms with Crippen LogP contribution in [0.25, 0.3) is 0 Å². The van der Waals surface area contributed by atoms with E-state index in [2.05, 4.69) is 14.9 Å². The van der Waals surface area contributed by atoms with Gasteiger partial charge in [0.1, 0.15) is 5.69 Å². The fourth-order valence-electron chi connectivity index (χ4n) is 2.89. The number of piperazine rings is 1. The van der Waals surface area contributed by atoms with Gasteiger partial charge in [0.15, 0.2) is 0 Å². The van der Waals surface area contributed by atoms with E-state index in [9.17, 15) is 13.2 Å². The third-order valence-electron chi connectivity index (χ3n) is 4.13. The first kappa shape index (κ1) is 16.9. The lowest BCUT2D eigenvalue weighted by Gasteiger charge is -2.34. The predicted molar refractivity (Wildman–Crippen MR) is 84.0 cm³/mol. The zero-order chi connectivity index (χ0) is 17.0. The molecule has 0 N–H and O–H groups in total. The fourth-order valence-corrected chi connectivity index (χ4v) is 2.89. The summed E-state index contributed by atoms with van der Waals surface area (Å²) < 4.78 is 39.0. The molecule has 0 aromatic carbocycles. The molecule has 128 valence electrons. The number of halogens is 3. The Labute approximate surface area is 138 Å². The van der Waals surface area contributed by atoms with Crippen molar-refractivity contribution >= 4 is 0 Å². The molecule has 24 heavy (non-hydrogen) atoms. The van der Waals surface area contributed by atoms with Gasteiger partial charge < -0.3 is 0 Å². The molecule has 0 amide bonds. The Kier molecular flexibility index (Phi) is 5.11. The summed E-state index contributed by atoms with van der Waals surface area (Å²) in [7, 11) is 0. The molecular weight excluding hydrogens is 317 g/mol. The van der Waals surface area contributed by atoms with Crippen molar-refractivity contribution in [3.63, 3.8) is 0 Å². The van der Waals surface area contributed by atoms with Crippen LogP contribution in [0.3, 0.4) is 0 Å². The number of hydrogen-bond donors (Lipinski definition) is 0. The van der Waals surface area contributed by atoms with Crippen molar-refractivity contribution < 1.29 is 13.2 Å². The number of rotatable bonds is 4. The molecule has 2 aromatic heterocycles. The van der Waals surface area contributed by atoms with Gasteiger partial charge in [-0.2, -0.15) is 13.2 Å². The number of alkyl halides is 3. The highest BCUT2D eigenvalue weighted by Gasteiger charge is 2.35. The lowest BCUT2D eigenvalue weighted by molar-refractivity contribution is -0.142. The molecule has 3 heterocycles. The highest BCUT2D eigenvalue weighted by Crippen LogP contribution is 2.30. The van der Waals surface area contributed by atoms with Crippen LogP contribution in [0.1, 0.15) is 17.0 Å². The molecule has 1 aliphatic rings. The van der Waals surface area contributed by atoms with Gasteiger partial charge in [-0.15, -0.1) is 0 Å². The standard InChI is InChI=1S/C17H19F3N4/c18-17(19,20)16-14(4-3-7-22-16)12-23-8-10-24(11-9-23)13-15-5-1-2-6-21-15/h1-7H,8-13H2. The first-order chi connectivity index (χ1) is 11.5. The van der Waals surface area contributed by atoms with Gasteiger partial charge in [0.2, 0.25) is 0 Å². The minimum atomic E-state index is -4.41. The quantitative estimate of drug-likeness (QED) is 0.859. The van der Waals surface area contributed by atoms with Crippen LogP contribution < -0.4 is 0 Å². The molecule has 1 fully saturated rings. The number of nitrogens with zero attached hydrogens (tertiary/aromatic N) is 4. The maximum atomic E-state index is 13.0. The van der Waals surface area contributed by atoms with E-state index in [1.165, 1.54) is 12.3 Å². The summed E-state index contributed by atoms with van der Waals surface area (Å²) >= 11 is 0. The van der Waals surface area contributed by atoms with E-state index in [1.54, 1.807) is 12.3 Å². The number of aromatic nitrogens is 2. The SMILES string of the molecule is FC(F)(F)c1ncccc1CN1CCN(Cc2ccccn2)CC1. The lowest BCUT2D eigenvalue weighted by atomic mass is 10.1. The summed E-state index contributed by atoms with van der Waals surface area (Å²) in [4.78, 5) is 12.1. The van der Waals surface area contributed by atoms with Crippen LogP contribution in [0.2, 0.25) is 0 Å². The van der Waals surface area contributed by atoms with Gasteiger partial charge in [-0.1, -0.05) is 12.1 Å². The largest absolute Gasteiger partial charge is 0.433 e. The van der Waals surface area contributed by atoms with Crippen molar-refractivity contribution in [2.75, 3.05) is 26.2 Å². The van der Waals surface area contributed by atoms with Gasteiger partial charge in [0.25, 0.3) is 0 Å². The minimum Gasteiger partial charge on any atom is -0.296 e. The Morgan fingerprint density at radius 2 is 1.50 bits per heavy atom. The molecule has 0 spiro atoms. The smallest absolute Gasteiger partial charge is 0.296 e. The second-order valence-corrected chi connectivity index (χ2v) is 5.88. The summed E-state index contributed by atoms with van der Waals surface area (Å²) in [6.07, 6.45) is -1.44. The van der Waals surface area contributed by atoms with Crippen molar-refractivity contribution in [2.24, 2.45) is 0 Å². The van der Waals surface area contributed by atoms with E-state index in [-0.39, 0.29) is 12.1 Å². The molecule has 1 saturated heterocycles. The molecule has 0 radical (unpaired) electrons. The molecule has 3 rings (SSSR count). The lowest BCUT2D eigenvalue weighted by Crippen LogP contribution is -2.45. The number of pyridine rings is 2. The summed E-state index contributed by atoms with van der Waals surface area (Å²) in [6, 6.07) is 8.89. The van der Waals surface area contributed by atoms with E-state index in [0.29, 0.717) is 0 Å². The average Bonchev–Trinajstić information content (AvgIpc) is 2.57. The highest BCUT2D eigenvalue weighted by atomic mass is 19.4. The molecule has 0 atom stereocenters. The molecule has 1 aliphatic heterocycles. The van der Waals surface area contributed by atoms with Gasteiger partial charge in [-0.3, -0.25) is 19.8 Å². The van der Waals surface area contributed by atoms with E-state index in [0.717, 1.165) is 38.4 Å². The van der Waals surface area contributed by atoms with Crippen LogP contribution in [0, 0.1) is 0 Å². The Morgan fingerprint density at radius 1 is 0.833 bits per heavy atom. The zero-order valence-electron chi connectivity index (χ0n) is 13.2. The van der Waals surface area contributed by atoms with Crippen LogP contribution in [-0.2, 0) is 19.3 Å². The molecular formula is C17H19F3N4. The Bertz CT molecular complexity index is 652. The van der Waals surface area contributed by atoms with Gasteiger partial charge >= 0.3 is 6.18 Å². The topological polar surface area (TPSA) is 32.3 Å². The molecule has 0 aliphatic carbocycles. The normalized spacial score (nSPS) is 17.1. The summed E-state index contributed by atoms with van der Waals surface area (Å²) in [6.45, 7) is 4.16. The van der Waals surface area contributed by atoms with Crippen LogP contribution >= 0.6 is 0 Å². The summed E-state index contributed by atoms with van der Waals surface area (Å²) in [5.41, 5.74) is 0.474. The molecule has 0 saturated carbocycles. The van der Waals surface area contributed by atoms with Gasteiger partial charge in [-0.25, -0.2) is 0 Å². The fraction of sp³-hybridized carbons (Fsp3) is 0.412. The van der Waals surface area contributed by atoms with Crippen molar-refractivity contribution in [1.29, 1.82) is 0 Å². The highest BCUT2D eigenvalue weighted by molar-refractivity contribution is 5.22. The minimum absolute atomic E-state index is 0.239. The Morgan fingerprint density at radius 3 is 2.12 bits per heavy atom. The molecule has 0 bridgehead atoms. The second-order valence-electron chi connectivity index (χ2n) is 5.88. The Hall–Kier alpha value is -1.99. The first-order valence-electron chi connectivity index (χ1n) is 7.88. The average molecular weight is 336 g/mol. The van der Waals surface area contributed by atoms with Gasteiger partial charge in [0.05, 0.1) is 5.69 Å². The molecule has 7 heteroatoms. The van der Waals surface area contributed by atoms with Crippen molar-refractivity contribution in [3.8, 4) is 0 Å². The van der Waals surface area contributed by atoms with Crippen molar-refractivity contribution in [3.05, 3.63) is 59.7 Å². The van der Waals surface area contributed by atoms with Crippen LogP contribution in [0.5, 0.6) is 0 Å². The monoisotopic (exact) mass is 336 g/mol. The van der Waals surface area contributed by atoms with Crippen molar-refractivity contribution in [1.82, 2.24) is 19.8 Å². The van der Waals surface area contributed by atoms with Crippen LogP contribution in [-0.4, -0.2) is 45.9 Å². The van der Waals surface area contributed by atoms with E-state index in [1.807, 2.05) is 23.1 Å². The van der Waals surface area contributed by atoms with Crippen molar-refractivity contribution in [2.45, 2.75) is 19.3 Å². The summed E-state index contributed by atoms with van der Waals surface area (Å²) in [5, 5.41) is 0. The third kappa shape index (κ3) is 4.30. The second kappa shape index (κ2) is 7.27. The van der Waals surface area contributed by atoms with E-state index < -0.39 is 11.9 Å². The Balaban J connectivity index is 1.56. The summed E-state index contributed by atoms with van der Waals surface area (Å²) in [5.74, 6) is 0. The zero-order valence-corrected chi connectivity index (χ0v) is 13.2. The third-order valence-corrected chi connectivity index (χ3v) is 4.13. The predicted octanol–water partition coefficient (Wildman–Crippen LogP) is 2.81. The maximum absolute atomic E-state index is 13.0. The number of hydrogen-bond acceptors (Lipinski definition) is 4. The van der Waals surface area contributed by atoms with E-state index in [4.69, 9.17) is 0 Å². The van der Waals surface area contributed by atoms with Gasteiger partial charge in [-0.05, 0) is 23.8 Å². The van der Waals surface area contributed by atoms with Crippen LogP contribution in [0.15, 0.2) is 42.7 Å². The first-order valence-corrected chi connectivity index (χ1v) is 7.88. The molecule has 2 aromatic rings. The van der Waals surface area contributed by atoms with Gasteiger partial charge in [0, 0.05) is 51.7 Å². The molecule has 0 unspecified atom stereocenters. The van der Waals surface area contributed by atoms with Crippen LogP contribution in [0.4, 0.5) is 13.2 Å².